The number of ether oxygens (including phenoxy) is 3. The average Bonchev–Trinajstić information content (AvgIpc) is 2.83. The lowest BCUT2D eigenvalue weighted by Crippen LogP contribution is -2.33. The Morgan fingerprint density at radius 1 is 0.947 bits per heavy atom. The molecule has 38 heavy (non-hydrogen) atoms. The van der Waals surface area contributed by atoms with Crippen LogP contribution in [0, 0.1) is 0 Å². The van der Waals surface area contributed by atoms with Gasteiger partial charge < -0.3 is 24.4 Å². The van der Waals surface area contributed by atoms with E-state index in [1.807, 2.05) is 0 Å². The molecule has 0 saturated carbocycles. The summed E-state index contributed by atoms with van der Waals surface area (Å²) < 4.78 is 135. The minimum absolute atomic E-state index is 0.0168. The standard InChI is InChI=1S/C19H18F9N5O3.CH3F/c1-3-33(11-4-6-12(7-5-11)36-19(27,28)14(22)23)10(2)29-15-30-16(34-8-13(20)21)32-17(31-15)35-9-18(24,25)26;1-2/h4-7,13-14H,2-3,8-9H2,1H3,(H,29,30,31,32);1H3. The van der Waals surface area contributed by atoms with E-state index in [0.717, 1.165) is 12.1 Å². The number of hydrogen-bond acceptors (Lipinski definition) is 8. The summed E-state index contributed by atoms with van der Waals surface area (Å²) in [5, 5.41) is 2.51. The quantitative estimate of drug-likeness (QED) is 0.309. The number of halogens is 10. The molecule has 0 bridgehead atoms. The summed E-state index contributed by atoms with van der Waals surface area (Å²) in [6.07, 6.45) is -16.4. The van der Waals surface area contributed by atoms with E-state index in [1.165, 1.54) is 17.0 Å². The van der Waals surface area contributed by atoms with Gasteiger partial charge in [-0.2, -0.15) is 40.7 Å². The Morgan fingerprint density at radius 3 is 1.97 bits per heavy atom. The molecule has 1 heterocycles. The van der Waals surface area contributed by atoms with Crippen LogP contribution in [0.15, 0.2) is 36.7 Å². The zero-order valence-corrected chi connectivity index (χ0v) is 19.6. The van der Waals surface area contributed by atoms with E-state index in [4.69, 9.17) is 0 Å². The molecule has 1 aromatic carbocycles. The molecule has 0 fully saturated rings. The molecule has 0 aliphatic rings. The number of benzene rings is 1. The molecule has 0 radical (unpaired) electrons. The average molecular weight is 569 g/mol. The second-order valence-corrected chi connectivity index (χ2v) is 6.60. The highest BCUT2D eigenvalue weighted by molar-refractivity contribution is 5.56. The fourth-order valence-electron chi connectivity index (χ4n) is 2.43. The predicted molar refractivity (Wildman–Crippen MR) is 114 cm³/mol. The third-order valence-electron chi connectivity index (χ3n) is 3.85. The van der Waals surface area contributed by atoms with Crippen LogP contribution in [0.25, 0.3) is 0 Å². The van der Waals surface area contributed by atoms with Crippen LogP contribution in [0.4, 0.5) is 55.5 Å². The highest BCUT2D eigenvalue weighted by Gasteiger charge is 2.44. The lowest BCUT2D eigenvalue weighted by Gasteiger charge is -2.26. The van der Waals surface area contributed by atoms with Crippen LogP contribution in [0.2, 0.25) is 0 Å². The van der Waals surface area contributed by atoms with Crippen LogP contribution in [0.1, 0.15) is 6.92 Å². The van der Waals surface area contributed by atoms with Crippen molar-refractivity contribution < 1.29 is 58.1 Å². The van der Waals surface area contributed by atoms with E-state index < -0.39 is 62.1 Å². The molecule has 0 amide bonds. The summed E-state index contributed by atoms with van der Waals surface area (Å²) >= 11 is 0. The number of nitrogens with one attached hydrogen (secondary N) is 1. The molecule has 18 heteroatoms. The molecule has 0 aliphatic heterocycles. The first-order valence-electron chi connectivity index (χ1n) is 10.1. The number of anilines is 2. The number of hydrogen-bond donors (Lipinski definition) is 1. The van der Waals surface area contributed by atoms with E-state index in [1.54, 1.807) is 6.92 Å². The molecule has 214 valence electrons. The fourth-order valence-corrected chi connectivity index (χ4v) is 2.43. The topological polar surface area (TPSA) is 81.6 Å². The van der Waals surface area contributed by atoms with Gasteiger partial charge in [-0.05, 0) is 31.2 Å². The van der Waals surface area contributed by atoms with Gasteiger partial charge >= 0.3 is 30.7 Å². The van der Waals surface area contributed by atoms with Crippen molar-refractivity contribution in [2.75, 3.05) is 37.2 Å². The molecule has 2 aromatic rings. The van der Waals surface area contributed by atoms with Crippen molar-refractivity contribution in [1.29, 1.82) is 0 Å². The molecule has 0 atom stereocenters. The second-order valence-electron chi connectivity index (χ2n) is 6.60. The van der Waals surface area contributed by atoms with Crippen molar-refractivity contribution >= 4 is 11.6 Å². The summed E-state index contributed by atoms with van der Waals surface area (Å²) in [4.78, 5) is 12.0. The van der Waals surface area contributed by atoms with Gasteiger partial charge in [0.05, 0.1) is 7.18 Å². The van der Waals surface area contributed by atoms with Gasteiger partial charge in [-0.3, -0.25) is 4.39 Å². The van der Waals surface area contributed by atoms with E-state index >= 15 is 0 Å². The maximum absolute atomic E-state index is 13.1. The highest BCUT2D eigenvalue weighted by Crippen LogP contribution is 2.29. The minimum atomic E-state index is -4.75. The Labute approximate surface area is 209 Å². The summed E-state index contributed by atoms with van der Waals surface area (Å²) in [6.45, 7) is 2.56. The smallest absolute Gasteiger partial charge is 0.457 e. The maximum Gasteiger partial charge on any atom is 0.461 e. The van der Waals surface area contributed by atoms with Gasteiger partial charge in [0, 0.05) is 12.2 Å². The van der Waals surface area contributed by atoms with Gasteiger partial charge in [-0.25, -0.2) is 8.78 Å². The normalized spacial score (nSPS) is 11.5. The summed E-state index contributed by atoms with van der Waals surface area (Å²) in [5.41, 5.74) is 0.291. The molecule has 0 aliphatic carbocycles. The van der Waals surface area contributed by atoms with Crippen molar-refractivity contribution in [3.8, 4) is 17.8 Å². The lowest BCUT2D eigenvalue weighted by atomic mass is 10.2. The lowest BCUT2D eigenvalue weighted by molar-refractivity contribution is -0.253. The minimum Gasteiger partial charge on any atom is -0.457 e. The first-order chi connectivity index (χ1) is 17.7. The van der Waals surface area contributed by atoms with Crippen molar-refractivity contribution in [3.63, 3.8) is 0 Å². The third kappa shape index (κ3) is 10.7. The number of rotatable bonds is 13. The van der Waals surface area contributed by atoms with Crippen molar-refractivity contribution in [2.45, 2.75) is 32.1 Å². The van der Waals surface area contributed by atoms with Crippen molar-refractivity contribution in [3.05, 3.63) is 36.7 Å². The largest absolute Gasteiger partial charge is 0.461 e. The van der Waals surface area contributed by atoms with E-state index in [-0.39, 0.29) is 12.4 Å². The molecule has 1 N–H and O–H groups in total. The zero-order chi connectivity index (χ0) is 29.1. The fraction of sp³-hybridized carbons (Fsp3) is 0.450. The monoisotopic (exact) mass is 569 g/mol. The molecule has 0 spiro atoms. The van der Waals surface area contributed by atoms with Crippen LogP contribution in [0.3, 0.4) is 0 Å². The van der Waals surface area contributed by atoms with Gasteiger partial charge in [0.25, 0.3) is 6.43 Å². The molecule has 0 unspecified atom stereocenters. The maximum atomic E-state index is 13.1. The van der Waals surface area contributed by atoms with E-state index in [9.17, 15) is 43.9 Å². The SMILES string of the molecule is C=C(Nc1nc(OCC(F)F)nc(OCC(F)(F)F)n1)N(CC)c1ccc(OC(F)(F)C(F)F)cc1.CF. The Kier molecular flexibility index (Phi) is 12.1. The number of alkyl halides is 10. The Bertz CT molecular complexity index is 1010. The third-order valence-corrected chi connectivity index (χ3v) is 3.85. The first-order valence-corrected chi connectivity index (χ1v) is 10.1. The summed E-state index contributed by atoms with van der Waals surface area (Å²) in [7, 11) is 0.500. The zero-order valence-electron chi connectivity index (χ0n) is 19.6. The van der Waals surface area contributed by atoms with Crippen molar-refractivity contribution in [2.24, 2.45) is 0 Å². The molecule has 8 nitrogen and oxygen atoms in total. The van der Waals surface area contributed by atoms with Crippen LogP contribution < -0.4 is 24.4 Å². The van der Waals surface area contributed by atoms with Gasteiger partial charge in [0.2, 0.25) is 5.95 Å². The molecule has 0 saturated heterocycles. The summed E-state index contributed by atoms with van der Waals surface area (Å²) in [5.74, 6) is -1.05. The molecular formula is C20H21F10N5O3. The van der Waals surface area contributed by atoms with Crippen LogP contribution in [-0.2, 0) is 0 Å². The van der Waals surface area contributed by atoms with Gasteiger partial charge in [0.15, 0.2) is 13.2 Å². The second kappa shape index (κ2) is 14.3. The number of aromatic nitrogens is 3. The molecule has 2 rings (SSSR count). The predicted octanol–water partition coefficient (Wildman–Crippen LogP) is 5.69. The molecule has 1 aromatic heterocycles. The van der Waals surface area contributed by atoms with Crippen LogP contribution in [-0.4, -0.2) is 67.0 Å². The highest BCUT2D eigenvalue weighted by atomic mass is 19.4. The van der Waals surface area contributed by atoms with E-state index in [2.05, 4.69) is 41.1 Å². The Hall–Kier alpha value is -3.73. The van der Waals surface area contributed by atoms with Crippen LogP contribution in [0.5, 0.6) is 17.8 Å². The number of nitrogens with zero attached hydrogens (tertiary/aromatic N) is 4. The van der Waals surface area contributed by atoms with Gasteiger partial charge in [-0.15, -0.1) is 4.98 Å². The Balaban J connectivity index is 0.00000352. The summed E-state index contributed by atoms with van der Waals surface area (Å²) in [6, 6.07) is 2.80. The molecular weight excluding hydrogens is 548 g/mol. The van der Waals surface area contributed by atoms with E-state index in [0.29, 0.717) is 12.9 Å². The first kappa shape index (κ1) is 32.3. The van der Waals surface area contributed by atoms with Crippen LogP contribution >= 0.6 is 0 Å². The van der Waals surface area contributed by atoms with Gasteiger partial charge in [0.1, 0.15) is 11.6 Å². The Morgan fingerprint density at radius 2 is 1.50 bits per heavy atom. The van der Waals surface area contributed by atoms with Crippen molar-refractivity contribution in [1.82, 2.24) is 15.0 Å². The van der Waals surface area contributed by atoms with Gasteiger partial charge in [-0.1, -0.05) is 6.58 Å².